The number of hydrogen-bond donors (Lipinski definition) is 3. The molecule has 0 aliphatic carbocycles. The maximum absolute atomic E-state index is 12.0. The van der Waals surface area contributed by atoms with Gasteiger partial charge in [-0.25, -0.2) is 4.98 Å². The van der Waals surface area contributed by atoms with E-state index in [1.807, 2.05) is 13.1 Å². The number of carbonyl (C=O) groups excluding carboxylic acids is 1. The second kappa shape index (κ2) is 11.5. The number of aryl methyl sites for hydroxylation is 3. The van der Waals surface area contributed by atoms with Crippen LogP contribution in [-0.2, 0) is 25.7 Å². The summed E-state index contributed by atoms with van der Waals surface area (Å²) in [7, 11) is 3.56. The lowest BCUT2D eigenvalue weighted by molar-refractivity contribution is 0.0958. The van der Waals surface area contributed by atoms with Crippen LogP contribution in [0.3, 0.4) is 0 Å². The quantitative estimate of drug-likeness (QED) is 0.532. The maximum Gasteiger partial charge on any atom is 0.269 e. The molecule has 3 N–H and O–H groups in total. The Morgan fingerprint density at radius 3 is 2.44 bits per heavy atom. The van der Waals surface area contributed by atoms with Gasteiger partial charge in [-0.1, -0.05) is 24.3 Å². The van der Waals surface area contributed by atoms with Gasteiger partial charge in [0.15, 0.2) is 0 Å². The van der Waals surface area contributed by atoms with E-state index in [9.17, 15) is 4.79 Å². The minimum Gasteiger partial charge on any atom is -0.396 e. The molecule has 2 aromatic rings. The molecule has 0 unspecified atom stereocenters. The van der Waals surface area contributed by atoms with Gasteiger partial charge >= 0.3 is 0 Å². The molecule has 0 aliphatic heterocycles. The second-order valence-electron chi connectivity index (χ2n) is 6.79. The Bertz CT molecular complexity index is 731. The van der Waals surface area contributed by atoms with E-state index < -0.39 is 0 Å². The number of pyridine rings is 1. The van der Waals surface area contributed by atoms with Crippen LogP contribution < -0.4 is 10.6 Å². The van der Waals surface area contributed by atoms with Crippen LogP contribution in [0, 0.1) is 0 Å². The zero-order chi connectivity index (χ0) is 19.5. The third-order valence-corrected chi connectivity index (χ3v) is 4.60. The molecule has 0 bridgehead atoms. The Labute approximate surface area is 162 Å². The Kier molecular flexibility index (Phi) is 8.95. The first-order valence-electron chi connectivity index (χ1n) is 9.71. The van der Waals surface area contributed by atoms with Crippen molar-refractivity contribution in [2.45, 2.75) is 38.5 Å². The molecule has 1 aromatic heterocycles. The highest BCUT2D eigenvalue weighted by molar-refractivity contribution is 5.92. The van der Waals surface area contributed by atoms with Crippen molar-refractivity contribution in [1.29, 1.82) is 0 Å². The zero-order valence-electron chi connectivity index (χ0n) is 16.4. The average Bonchev–Trinajstić information content (AvgIpc) is 2.70. The fourth-order valence-corrected chi connectivity index (χ4v) is 3.09. The van der Waals surface area contributed by atoms with E-state index in [-0.39, 0.29) is 12.5 Å². The van der Waals surface area contributed by atoms with E-state index in [2.05, 4.69) is 45.9 Å². The van der Waals surface area contributed by atoms with Crippen molar-refractivity contribution in [2.75, 3.05) is 27.2 Å². The normalized spacial score (nSPS) is 10.8. The lowest BCUT2D eigenvalue weighted by Gasteiger charge is -2.09. The molecular weight excluding hydrogens is 338 g/mol. The van der Waals surface area contributed by atoms with Crippen molar-refractivity contribution < 1.29 is 9.90 Å². The van der Waals surface area contributed by atoms with Crippen LogP contribution in [0.25, 0.3) is 0 Å². The van der Waals surface area contributed by atoms with Gasteiger partial charge in [0.1, 0.15) is 5.69 Å². The van der Waals surface area contributed by atoms with Crippen molar-refractivity contribution in [1.82, 2.24) is 15.6 Å². The first-order chi connectivity index (χ1) is 13.2. The van der Waals surface area contributed by atoms with Crippen LogP contribution in [-0.4, -0.2) is 43.2 Å². The number of amides is 1. The van der Waals surface area contributed by atoms with E-state index in [0.29, 0.717) is 5.69 Å². The van der Waals surface area contributed by atoms with Gasteiger partial charge in [-0.3, -0.25) is 4.79 Å². The Hall–Kier alpha value is -2.24. The summed E-state index contributed by atoms with van der Waals surface area (Å²) in [6.07, 6.45) is 5.41. The van der Waals surface area contributed by atoms with Crippen LogP contribution in [0.1, 0.15) is 45.7 Å². The molecule has 1 heterocycles. The van der Waals surface area contributed by atoms with Gasteiger partial charge in [0.05, 0.1) is 0 Å². The second-order valence-corrected chi connectivity index (χ2v) is 6.79. The number of nitrogens with zero attached hydrogens (tertiary/aromatic N) is 1. The predicted molar refractivity (Wildman–Crippen MR) is 109 cm³/mol. The van der Waals surface area contributed by atoms with Gasteiger partial charge in [-0.15, -0.1) is 0 Å². The number of aliphatic hydroxyl groups excluding tert-OH is 1. The van der Waals surface area contributed by atoms with Crippen LogP contribution in [0.2, 0.25) is 0 Å². The van der Waals surface area contributed by atoms with Crippen molar-refractivity contribution in [3.05, 3.63) is 64.5 Å². The fraction of sp³-hybridized carbons (Fsp3) is 0.455. The SMILES string of the molecule is CNCCc1cc(CCc2cccc(CCCCO)c2)nc(C(=O)NC)c1. The highest BCUT2D eigenvalue weighted by Crippen LogP contribution is 2.13. The smallest absolute Gasteiger partial charge is 0.269 e. The Balaban J connectivity index is 2.07. The highest BCUT2D eigenvalue weighted by Gasteiger charge is 2.09. The maximum atomic E-state index is 12.0. The molecule has 27 heavy (non-hydrogen) atoms. The van der Waals surface area contributed by atoms with Gasteiger partial charge in [0.25, 0.3) is 5.91 Å². The third-order valence-electron chi connectivity index (χ3n) is 4.60. The summed E-state index contributed by atoms with van der Waals surface area (Å²) in [6, 6.07) is 12.6. The molecule has 0 fully saturated rings. The minimum atomic E-state index is -0.145. The van der Waals surface area contributed by atoms with Gasteiger partial charge in [-0.05, 0) is 80.9 Å². The van der Waals surface area contributed by atoms with E-state index >= 15 is 0 Å². The first kappa shape index (κ1) is 21.1. The van der Waals surface area contributed by atoms with Crippen molar-refractivity contribution in [2.24, 2.45) is 0 Å². The zero-order valence-corrected chi connectivity index (χ0v) is 16.4. The number of unbranched alkanes of at least 4 members (excludes halogenated alkanes) is 1. The number of carbonyl (C=O) groups is 1. The van der Waals surface area contributed by atoms with Crippen LogP contribution in [0.4, 0.5) is 0 Å². The molecule has 1 amide bonds. The number of hydrogen-bond acceptors (Lipinski definition) is 4. The molecule has 0 aliphatic rings. The number of rotatable bonds is 11. The topological polar surface area (TPSA) is 74.2 Å². The van der Waals surface area contributed by atoms with E-state index in [1.165, 1.54) is 11.1 Å². The monoisotopic (exact) mass is 369 g/mol. The molecule has 1 aromatic carbocycles. The summed E-state index contributed by atoms with van der Waals surface area (Å²) in [5.41, 5.74) is 5.15. The third kappa shape index (κ3) is 7.12. The van der Waals surface area contributed by atoms with Crippen molar-refractivity contribution in [3.63, 3.8) is 0 Å². The lowest BCUT2D eigenvalue weighted by Crippen LogP contribution is -2.20. The summed E-state index contributed by atoms with van der Waals surface area (Å²) in [6.45, 7) is 1.12. The average molecular weight is 370 g/mol. The van der Waals surface area contributed by atoms with E-state index in [0.717, 1.165) is 56.3 Å². The van der Waals surface area contributed by atoms with Crippen molar-refractivity contribution >= 4 is 5.91 Å². The number of aromatic nitrogens is 1. The minimum absolute atomic E-state index is 0.145. The largest absolute Gasteiger partial charge is 0.396 e. The first-order valence-corrected chi connectivity index (χ1v) is 9.71. The molecule has 146 valence electrons. The molecule has 0 atom stereocenters. The van der Waals surface area contributed by atoms with E-state index in [4.69, 9.17) is 5.11 Å². The van der Waals surface area contributed by atoms with Gasteiger partial charge in [-0.2, -0.15) is 0 Å². The standard InChI is InChI=1S/C22H31N3O2/c1-23-12-11-19-15-20(25-21(16-19)22(27)24-2)10-9-18-8-5-7-17(14-18)6-3-4-13-26/h5,7-8,14-16,23,26H,3-4,6,9-13H2,1-2H3,(H,24,27). The molecule has 0 saturated heterocycles. The van der Waals surface area contributed by atoms with Crippen molar-refractivity contribution in [3.8, 4) is 0 Å². The Morgan fingerprint density at radius 2 is 1.74 bits per heavy atom. The summed E-state index contributed by atoms with van der Waals surface area (Å²) in [5, 5.41) is 14.7. The molecular formula is C22H31N3O2. The summed E-state index contributed by atoms with van der Waals surface area (Å²) in [5.74, 6) is -0.145. The van der Waals surface area contributed by atoms with Crippen LogP contribution in [0.5, 0.6) is 0 Å². The Morgan fingerprint density at radius 1 is 0.963 bits per heavy atom. The molecule has 0 saturated carbocycles. The lowest BCUT2D eigenvalue weighted by atomic mass is 10.0. The van der Waals surface area contributed by atoms with Crippen LogP contribution >= 0.6 is 0 Å². The summed E-state index contributed by atoms with van der Waals surface area (Å²) < 4.78 is 0. The predicted octanol–water partition coefficient (Wildman–Crippen LogP) is 2.30. The molecule has 2 rings (SSSR count). The number of aliphatic hydroxyl groups is 1. The molecule has 0 radical (unpaired) electrons. The van der Waals surface area contributed by atoms with Crippen LogP contribution in [0.15, 0.2) is 36.4 Å². The molecule has 5 heteroatoms. The van der Waals surface area contributed by atoms with E-state index in [1.54, 1.807) is 7.05 Å². The summed E-state index contributed by atoms with van der Waals surface area (Å²) >= 11 is 0. The highest BCUT2D eigenvalue weighted by atomic mass is 16.2. The van der Waals surface area contributed by atoms with Gasteiger partial charge < -0.3 is 15.7 Å². The number of likely N-dealkylation sites (N-methyl/N-ethyl adjacent to an activating group) is 1. The molecule has 0 spiro atoms. The number of benzene rings is 1. The summed E-state index contributed by atoms with van der Waals surface area (Å²) in [4.78, 5) is 16.6. The van der Waals surface area contributed by atoms with Gasteiger partial charge in [0.2, 0.25) is 0 Å². The number of nitrogens with one attached hydrogen (secondary N) is 2. The molecule has 5 nitrogen and oxygen atoms in total. The fourth-order valence-electron chi connectivity index (χ4n) is 3.09. The van der Waals surface area contributed by atoms with Gasteiger partial charge in [0, 0.05) is 19.3 Å².